The van der Waals surface area contributed by atoms with Gasteiger partial charge in [-0.3, -0.25) is 0 Å². The van der Waals surface area contributed by atoms with Gasteiger partial charge in [-0.2, -0.15) is 0 Å². The van der Waals surface area contributed by atoms with Crippen molar-refractivity contribution in [2.75, 3.05) is 18.6 Å². The van der Waals surface area contributed by atoms with Crippen LogP contribution in [0, 0.1) is 5.92 Å². The maximum absolute atomic E-state index is 10.9. The van der Waals surface area contributed by atoms with Crippen LogP contribution in [-0.4, -0.2) is 33.0 Å². The summed E-state index contributed by atoms with van der Waals surface area (Å²) in [6.07, 6.45) is 8.81. The molecule has 0 saturated heterocycles. The van der Waals surface area contributed by atoms with E-state index in [0.29, 0.717) is 11.8 Å². The van der Waals surface area contributed by atoms with Gasteiger partial charge in [-0.25, -0.2) is 8.42 Å². The molecule has 4 heteroatoms. The van der Waals surface area contributed by atoms with E-state index in [4.69, 9.17) is 0 Å². The molecule has 1 aliphatic carbocycles. The van der Waals surface area contributed by atoms with E-state index in [1.54, 1.807) is 0 Å². The highest BCUT2D eigenvalue weighted by Crippen LogP contribution is 2.26. The van der Waals surface area contributed by atoms with Crippen molar-refractivity contribution in [1.82, 2.24) is 5.32 Å². The molecule has 0 unspecified atom stereocenters. The van der Waals surface area contributed by atoms with E-state index >= 15 is 0 Å². The molecule has 0 amide bonds. The van der Waals surface area contributed by atoms with Gasteiger partial charge in [-0.1, -0.05) is 19.3 Å². The van der Waals surface area contributed by atoms with Gasteiger partial charge in [0.05, 0.1) is 5.75 Å². The summed E-state index contributed by atoms with van der Waals surface area (Å²) in [6.45, 7) is 3.06. The predicted molar refractivity (Wildman–Crippen MR) is 68.4 cm³/mol. The highest BCUT2D eigenvalue weighted by Gasteiger charge is 2.19. The Balaban J connectivity index is 2.12. The zero-order valence-corrected chi connectivity index (χ0v) is 11.4. The molecule has 1 atom stereocenters. The Morgan fingerprint density at radius 2 is 1.88 bits per heavy atom. The third-order valence-corrected chi connectivity index (χ3v) is 4.55. The highest BCUT2D eigenvalue weighted by atomic mass is 32.2. The Bertz CT molecular complexity index is 281. The molecule has 0 spiro atoms. The van der Waals surface area contributed by atoms with Crippen molar-refractivity contribution in [2.45, 2.75) is 51.5 Å². The van der Waals surface area contributed by atoms with Crippen molar-refractivity contribution >= 4 is 9.84 Å². The normalized spacial score (nSPS) is 20.9. The van der Waals surface area contributed by atoms with Crippen molar-refractivity contribution in [3.8, 4) is 0 Å². The lowest BCUT2D eigenvalue weighted by molar-refractivity contribution is 0.282. The van der Waals surface area contributed by atoms with Gasteiger partial charge in [0.25, 0.3) is 0 Å². The van der Waals surface area contributed by atoms with Crippen LogP contribution in [0.2, 0.25) is 0 Å². The summed E-state index contributed by atoms with van der Waals surface area (Å²) in [5.41, 5.74) is 0. The van der Waals surface area contributed by atoms with Crippen molar-refractivity contribution < 1.29 is 8.42 Å². The fourth-order valence-corrected chi connectivity index (χ4v) is 3.13. The van der Waals surface area contributed by atoms with Crippen LogP contribution in [0.1, 0.15) is 45.4 Å². The van der Waals surface area contributed by atoms with Gasteiger partial charge in [-0.15, -0.1) is 0 Å². The molecule has 0 aromatic rings. The molecule has 0 radical (unpaired) electrons. The summed E-state index contributed by atoms with van der Waals surface area (Å²) in [5.74, 6) is 1.10. The maximum Gasteiger partial charge on any atom is 0.147 e. The molecule has 0 aromatic carbocycles. The Morgan fingerprint density at radius 3 is 2.44 bits per heavy atom. The van der Waals surface area contributed by atoms with E-state index in [2.05, 4.69) is 12.2 Å². The molecule has 1 aliphatic rings. The second kappa shape index (κ2) is 6.60. The van der Waals surface area contributed by atoms with Crippen LogP contribution in [-0.2, 0) is 9.84 Å². The summed E-state index contributed by atoms with van der Waals surface area (Å²) >= 11 is 0. The van der Waals surface area contributed by atoms with Gasteiger partial charge in [0, 0.05) is 12.3 Å². The standard InChI is InChI=1S/C12H25NO2S/c1-11(12-7-4-3-5-8-12)13-9-6-10-16(2,14)15/h11-13H,3-10H2,1-2H3/t11-/m0/s1. The van der Waals surface area contributed by atoms with Crippen molar-refractivity contribution in [3.63, 3.8) is 0 Å². The number of hydrogen-bond donors (Lipinski definition) is 1. The smallest absolute Gasteiger partial charge is 0.147 e. The first-order chi connectivity index (χ1) is 7.49. The summed E-state index contributed by atoms with van der Waals surface area (Å²) in [7, 11) is -2.79. The van der Waals surface area contributed by atoms with Crippen LogP contribution >= 0.6 is 0 Å². The summed E-state index contributed by atoms with van der Waals surface area (Å²) < 4.78 is 21.9. The first kappa shape index (κ1) is 14.0. The summed E-state index contributed by atoms with van der Waals surface area (Å²) in [5, 5.41) is 3.46. The SMILES string of the molecule is C[C@H](NCCCS(C)(=O)=O)C1CCCCC1. The molecule has 0 aromatic heterocycles. The van der Waals surface area contributed by atoms with Gasteiger partial charge in [0.15, 0.2) is 0 Å². The predicted octanol–water partition coefficient (Wildman–Crippen LogP) is 1.98. The second-order valence-electron chi connectivity index (χ2n) is 5.12. The first-order valence-corrected chi connectivity index (χ1v) is 8.46. The van der Waals surface area contributed by atoms with E-state index < -0.39 is 9.84 Å². The molecule has 96 valence electrons. The van der Waals surface area contributed by atoms with Gasteiger partial charge in [0.1, 0.15) is 9.84 Å². The van der Waals surface area contributed by atoms with Crippen LogP contribution in [0.15, 0.2) is 0 Å². The molecule has 16 heavy (non-hydrogen) atoms. The number of sulfone groups is 1. The van der Waals surface area contributed by atoms with Crippen molar-refractivity contribution in [3.05, 3.63) is 0 Å². The molecule has 1 N–H and O–H groups in total. The van der Waals surface area contributed by atoms with Gasteiger partial charge >= 0.3 is 0 Å². The van der Waals surface area contributed by atoms with E-state index in [1.807, 2.05) is 0 Å². The molecule has 3 nitrogen and oxygen atoms in total. The van der Waals surface area contributed by atoms with Crippen LogP contribution in [0.25, 0.3) is 0 Å². The van der Waals surface area contributed by atoms with Gasteiger partial charge in [-0.05, 0) is 38.6 Å². The molecule has 0 bridgehead atoms. The van der Waals surface area contributed by atoms with Gasteiger partial charge in [0.2, 0.25) is 0 Å². The number of hydrogen-bond acceptors (Lipinski definition) is 3. The summed E-state index contributed by atoms with van der Waals surface area (Å²) in [6, 6.07) is 0.542. The largest absolute Gasteiger partial charge is 0.314 e. The average Bonchev–Trinajstić information content (AvgIpc) is 2.24. The fourth-order valence-electron chi connectivity index (χ4n) is 2.46. The lowest BCUT2D eigenvalue weighted by Gasteiger charge is -2.28. The Kier molecular flexibility index (Phi) is 5.76. The molecule has 0 heterocycles. The lowest BCUT2D eigenvalue weighted by Crippen LogP contribution is -2.35. The minimum Gasteiger partial charge on any atom is -0.314 e. The first-order valence-electron chi connectivity index (χ1n) is 6.40. The highest BCUT2D eigenvalue weighted by molar-refractivity contribution is 7.90. The summed E-state index contributed by atoms with van der Waals surface area (Å²) in [4.78, 5) is 0. The fraction of sp³-hybridized carbons (Fsp3) is 1.00. The number of rotatable bonds is 6. The zero-order valence-electron chi connectivity index (χ0n) is 10.5. The quantitative estimate of drug-likeness (QED) is 0.730. The molecular weight excluding hydrogens is 222 g/mol. The lowest BCUT2D eigenvalue weighted by atomic mass is 9.84. The average molecular weight is 247 g/mol. The molecule has 0 aliphatic heterocycles. The Labute approximate surface area is 99.9 Å². The molecule has 1 fully saturated rings. The van der Waals surface area contributed by atoms with E-state index in [1.165, 1.54) is 38.4 Å². The van der Waals surface area contributed by atoms with E-state index in [-0.39, 0.29) is 0 Å². The Hall–Kier alpha value is -0.0900. The van der Waals surface area contributed by atoms with Crippen LogP contribution in [0.5, 0.6) is 0 Å². The van der Waals surface area contributed by atoms with Crippen molar-refractivity contribution in [2.24, 2.45) is 5.92 Å². The molecular formula is C12H25NO2S. The third kappa shape index (κ3) is 5.85. The Morgan fingerprint density at radius 1 is 1.25 bits per heavy atom. The second-order valence-corrected chi connectivity index (χ2v) is 7.38. The van der Waals surface area contributed by atoms with Crippen LogP contribution in [0.3, 0.4) is 0 Å². The van der Waals surface area contributed by atoms with E-state index in [0.717, 1.165) is 18.9 Å². The van der Waals surface area contributed by atoms with Crippen LogP contribution in [0.4, 0.5) is 0 Å². The maximum atomic E-state index is 10.9. The molecule has 1 rings (SSSR count). The van der Waals surface area contributed by atoms with Crippen molar-refractivity contribution in [1.29, 1.82) is 0 Å². The molecule has 1 saturated carbocycles. The minimum atomic E-state index is -2.79. The number of nitrogens with one attached hydrogen (secondary N) is 1. The monoisotopic (exact) mass is 247 g/mol. The third-order valence-electron chi connectivity index (χ3n) is 3.52. The minimum absolute atomic E-state index is 0.303. The van der Waals surface area contributed by atoms with E-state index in [9.17, 15) is 8.42 Å². The van der Waals surface area contributed by atoms with Gasteiger partial charge < -0.3 is 5.32 Å². The van der Waals surface area contributed by atoms with Crippen LogP contribution < -0.4 is 5.32 Å². The topological polar surface area (TPSA) is 46.2 Å². The zero-order chi connectivity index (χ0) is 12.0.